The number of Topliss-reactive ketones (excluding diaryl/α,β-unsaturated/α-hetero) is 1. The number of ether oxygens (including phenoxy) is 1. The first-order chi connectivity index (χ1) is 11.6. The normalized spacial score (nSPS) is 18.7. The zero-order valence-electron chi connectivity index (χ0n) is 15.1. The number of rotatable bonds is 6. The average molecular weight is 476 g/mol. The van der Waals surface area contributed by atoms with Gasteiger partial charge in [-0.1, -0.05) is 40.2 Å². The molecule has 2 rings (SSSR count). The van der Waals surface area contributed by atoms with Gasteiger partial charge >= 0.3 is 13.1 Å². The molecule has 1 unspecified atom stereocenters. The molecule has 1 fully saturated rings. The summed E-state index contributed by atoms with van der Waals surface area (Å²) < 4.78 is 16.9. The van der Waals surface area contributed by atoms with Gasteiger partial charge in [-0.2, -0.15) is 0 Å². The van der Waals surface area contributed by atoms with Gasteiger partial charge in [-0.15, -0.1) is 0 Å². The second-order valence-corrected chi connectivity index (χ2v) is 9.37. The number of esters is 1. The number of hydrogen-bond donors (Lipinski definition) is 0. The summed E-state index contributed by atoms with van der Waals surface area (Å²) in [6, 6.07) is 5.71. The van der Waals surface area contributed by atoms with Crippen molar-refractivity contribution in [1.82, 2.24) is 0 Å². The van der Waals surface area contributed by atoms with E-state index in [1.807, 2.05) is 39.8 Å². The summed E-state index contributed by atoms with van der Waals surface area (Å²) in [5.74, 6) is -0.505. The number of carbonyl (C=O) groups excluding carboxylic acids is 2. The monoisotopic (exact) mass is 476 g/mol. The van der Waals surface area contributed by atoms with E-state index in [2.05, 4.69) is 26.8 Å². The Bertz CT molecular complexity index is 661. The Morgan fingerprint density at radius 3 is 2.28 bits per heavy atom. The van der Waals surface area contributed by atoms with Gasteiger partial charge in [-0.25, -0.2) is 0 Å². The molecule has 0 N–H and O–H groups in total. The minimum atomic E-state index is -0.602. The van der Waals surface area contributed by atoms with Gasteiger partial charge in [-0.3, -0.25) is 9.59 Å². The van der Waals surface area contributed by atoms with Crippen molar-refractivity contribution in [3.05, 3.63) is 23.8 Å². The van der Waals surface area contributed by atoms with Gasteiger partial charge in [0.25, 0.3) is 0 Å². The second kappa shape index (κ2) is 8.03. The third kappa shape index (κ3) is 4.62. The number of ketones is 1. The van der Waals surface area contributed by atoms with E-state index in [9.17, 15) is 9.59 Å². The largest absolute Gasteiger partial charge is 0.495 e. The number of hydrogen-bond acceptors (Lipinski definition) is 5. The Morgan fingerprint density at radius 2 is 1.76 bits per heavy atom. The SMILES string of the molecule is COC(=O)CCC(=O)c1ccc(PI)cc1B1OC(C)(C)C(C)(C)O1. The Morgan fingerprint density at radius 1 is 1.16 bits per heavy atom. The van der Waals surface area contributed by atoms with E-state index < -0.39 is 24.3 Å². The molecule has 0 saturated carbocycles. The van der Waals surface area contributed by atoms with Crippen LogP contribution in [0.1, 0.15) is 50.9 Å². The molecule has 0 radical (unpaired) electrons. The molecule has 0 spiro atoms. The van der Waals surface area contributed by atoms with E-state index in [-0.39, 0.29) is 18.6 Å². The van der Waals surface area contributed by atoms with Crippen molar-refractivity contribution >= 4 is 57.9 Å². The molecule has 136 valence electrons. The predicted octanol–water partition coefficient (Wildman–Crippen LogP) is 2.78. The molecule has 1 saturated heterocycles. The first-order valence-corrected chi connectivity index (χ1v) is 12.2. The second-order valence-electron chi connectivity index (χ2n) is 6.98. The Balaban J connectivity index is 2.33. The summed E-state index contributed by atoms with van der Waals surface area (Å²) in [6.07, 6.45) is 0.740. The molecule has 0 amide bonds. The van der Waals surface area contributed by atoms with Gasteiger partial charge in [0.1, 0.15) is 0 Å². The molecule has 1 aromatic carbocycles. The van der Waals surface area contributed by atoms with Crippen molar-refractivity contribution in [2.75, 3.05) is 7.11 Å². The lowest BCUT2D eigenvalue weighted by Crippen LogP contribution is -2.41. The van der Waals surface area contributed by atoms with Gasteiger partial charge in [0.2, 0.25) is 0 Å². The van der Waals surface area contributed by atoms with Crippen LogP contribution in [-0.2, 0) is 18.8 Å². The summed E-state index contributed by atoms with van der Waals surface area (Å²) in [4.78, 5) is 24.0. The molecule has 1 aromatic rings. The van der Waals surface area contributed by atoms with E-state index in [1.165, 1.54) is 7.11 Å². The van der Waals surface area contributed by atoms with Gasteiger partial charge in [0.05, 0.1) is 24.7 Å². The minimum absolute atomic E-state index is 0.0634. The minimum Gasteiger partial charge on any atom is -0.469 e. The quantitative estimate of drug-likeness (QED) is 0.208. The molecule has 0 bridgehead atoms. The standard InChI is InChI=1S/C17H23BIO5P/c1-16(2)17(3,4)24-18(23-16)13-10-11(25-19)6-7-12(13)14(20)8-9-15(21)22-5/h6-7,10,25H,8-9H2,1-5H3. The molecular weight excluding hydrogens is 453 g/mol. The van der Waals surface area contributed by atoms with Crippen LogP contribution in [0.2, 0.25) is 0 Å². The van der Waals surface area contributed by atoms with Gasteiger partial charge < -0.3 is 14.0 Å². The van der Waals surface area contributed by atoms with Crippen LogP contribution >= 0.6 is 28.3 Å². The molecule has 1 atom stereocenters. The van der Waals surface area contributed by atoms with Crippen molar-refractivity contribution in [3.63, 3.8) is 0 Å². The number of carbonyl (C=O) groups is 2. The van der Waals surface area contributed by atoms with Gasteiger partial charge in [-0.05, 0) is 44.7 Å². The molecular formula is C17H23BIO5P. The lowest BCUT2D eigenvalue weighted by atomic mass is 9.74. The molecule has 1 aliphatic rings. The van der Waals surface area contributed by atoms with E-state index in [0.717, 1.165) is 10.8 Å². The van der Waals surface area contributed by atoms with E-state index in [0.29, 0.717) is 11.8 Å². The number of methoxy groups -OCH3 is 1. The highest BCUT2D eigenvalue weighted by molar-refractivity contribution is 14.2. The average Bonchev–Trinajstić information content (AvgIpc) is 2.79. The molecule has 1 aliphatic heterocycles. The summed E-state index contributed by atoms with van der Waals surface area (Å²) >= 11 is 2.31. The zero-order chi connectivity index (χ0) is 18.8. The van der Waals surface area contributed by atoms with Crippen LogP contribution in [0.25, 0.3) is 0 Å². The van der Waals surface area contributed by atoms with E-state index in [4.69, 9.17) is 9.31 Å². The Kier molecular flexibility index (Phi) is 6.68. The first kappa shape index (κ1) is 20.8. The fourth-order valence-electron chi connectivity index (χ4n) is 2.49. The van der Waals surface area contributed by atoms with Crippen LogP contribution in [0.15, 0.2) is 18.2 Å². The maximum absolute atomic E-state index is 12.6. The third-order valence-electron chi connectivity index (χ3n) is 4.75. The van der Waals surface area contributed by atoms with Crippen LogP contribution in [0.5, 0.6) is 0 Å². The van der Waals surface area contributed by atoms with Crippen LogP contribution in [0.4, 0.5) is 0 Å². The Hall–Kier alpha value is -0.495. The molecule has 1 heterocycles. The maximum Gasteiger partial charge on any atom is 0.495 e. The van der Waals surface area contributed by atoms with Gasteiger partial charge in [0.15, 0.2) is 5.78 Å². The van der Waals surface area contributed by atoms with Gasteiger partial charge in [0, 0.05) is 12.0 Å². The lowest BCUT2D eigenvalue weighted by molar-refractivity contribution is -0.140. The molecule has 5 nitrogen and oxygen atoms in total. The fourth-order valence-corrected chi connectivity index (χ4v) is 3.86. The molecule has 0 aromatic heterocycles. The summed E-state index contributed by atoms with van der Waals surface area (Å²) in [7, 11) is 0.716. The molecule has 8 heteroatoms. The van der Waals surface area contributed by atoms with Crippen LogP contribution in [0, 0.1) is 0 Å². The highest BCUT2D eigenvalue weighted by Crippen LogP contribution is 2.36. The van der Waals surface area contributed by atoms with Crippen molar-refractivity contribution < 1.29 is 23.6 Å². The van der Waals surface area contributed by atoms with E-state index in [1.54, 1.807) is 6.07 Å². The molecule has 0 aliphatic carbocycles. The third-order valence-corrected chi connectivity index (χ3v) is 7.15. The topological polar surface area (TPSA) is 61.8 Å². The number of benzene rings is 1. The van der Waals surface area contributed by atoms with Crippen LogP contribution in [0.3, 0.4) is 0 Å². The van der Waals surface area contributed by atoms with Crippen LogP contribution in [-0.4, -0.2) is 37.2 Å². The van der Waals surface area contributed by atoms with Crippen molar-refractivity contribution in [2.24, 2.45) is 0 Å². The highest BCUT2D eigenvalue weighted by atomic mass is 127. The Labute approximate surface area is 164 Å². The van der Waals surface area contributed by atoms with E-state index >= 15 is 0 Å². The summed E-state index contributed by atoms with van der Waals surface area (Å²) in [6.45, 7) is 7.93. The van der Waals surface area contributed by atoms with Crippen LogP contribution < -0.4 is 10.8 Å². The van der Waals surface area contributed by atoms with Crippen molar-refractivity contribution in [3.8, 4) is 0 Å². The predicted molar refractivity (Wildman–Crippen MR) is 110 cm³/mol. The smallest absolute Gasteiger partial charge is 0.469 e. The maximum atomic E-state index is 12.6. The lowest BCUT2D eigenvalue weighted by Gasteiger charge is -2.32. The highest BCUT2D eigenvalue weighted by Gasteiger charge is 2.52. The molecule has 25 heavy (non-hydrogen) atoms. The van der Waals surface area contributed by atoms with Crippen molar-refractivity contribution in [1.29, 1.82) is 0 Å². The summed E-state index contributed by atoms with van der Waals surface area (Å²) in [5, 5.41) is 1.12. The zero-order valence-corrected chi connectivity index (χ0v) is 18.3. The van der Waals surface area contributed by atoms with Crippen molar-refractivity contribution in [2.45, 2.75) is 51.7 Å². The number of halogens is 1. The first-order valence-electron chi connectivity index (χ1n) is 8.07. The fraction of sp³-hybridized carbons (Fsp3) is 0.529. The summed E-state index contributed by atoms with van der Waals surface area (Å²) in [5.41, 5.74) is 0.315.